The normalized spacial score (nSPS) is 21.9. The van der Waals surface area contributed by atoms with Gasteiger partial charge in [0.1, 0.15) is 0 Å². The summed E-state index contributed by atoms with van der Waals surface area (Å²) in [6.07, 6.45) is 10.7. The molecule has 1 rings (SSSR count). The van der Waals surface area contributed by atoms with Crippen LogP contribution in [0.1, 0.15) is 58.3 Å². The molecule has 0 heterocycles. The highest BCUT2D eigenvalue weighted by molar-refractivity contribution is 6.20. The number of halogens is 1. The molecule has 1 saturated carbocycles. The fourth-order valence-electron chi connectivity index (χ4n) is 2.19. The van der Waals surface area contributed by atoms with E-state index in [1.54, 1.807) is 0 Å². The van der Waals surface area contributed by atoms with Crippen LogP contribution in [0.15, 0.2) is 0 Å². The summed E-state index contributed by atoms with van der Waals surface area (Å²) in [6, 6.07) is 0.746. The highest BCUT2D eigenvalue weighted by Crippen LogP contribution is 2.17. The van der Waals surface area contributed by atoms with Gasteiger partial charge in [-0.15, -0.1) is 11.6 Å². The molecule has 1 nitrogen and oxygen atoms in total. The van der Waals surface area contributed by atoms with Gasteiger partial charge >= 0.3 is 0 Å². The second-order valence-electron chi connectivity index (χ2n) is 4.48. The summed E-state index contributed by atoms with van der Waals surface area (Å²) >= 11 is 6.18. The second-order valence-corrected chi connectivity index (χ2v) is 5.10. The number of nitrogens with one attached hydrogen (secondary N) is 1. The lowest BCUT2D eigenvalue weighted by molar-refractivity contribution is 0.453. The van der Waals surface area contributed by atoms with E-state index in [4.69, 9.17) is 11.6 Å². The van der Waals surface area contributed by atoms with Crippen LogP contribution in [0.5, 0.6) is 0 Å². The Balaban J connectivity index is 2.09. The fraction of sp³-hybridized carbons (Fsp3) is 1.00. The zero-order valence-corrected chi connectivity index (χ0v) is 10.2. The van der Waals surface area contributed by atoms with Gasteiger partial charge < -0.3 is 5.32 Å². The van der Waals surface area contributed by atoms with Crippen LogP contribution in [0, 0.1) is 0 Å². The van der Waals surface area contributed by atoms with Gasteiger partial charge in [-0.05, 0) is 19.3 Å². The summed E-state index contributed by atoms with van der Waals surface area (Å²) in [5.74, 6) is 0. The smallest absolute Gasteiger partial charge is 0.0460 e. The SMILES string of the molecule is CCCC(Cl)CNC1CCCCCC1. The Bertz CT molecular complexity index is 130. The Labute approximate surface area is 93.6 Å². The van der Waals surface area contributed by atoms with Crippen LogP contribution < -0.4 is 5.32 Å². The van der Waals surface area contributed by atoms with Crippen molar-refractivity contribution in [1.82, 2.24) is 5.32 Å². The predicted molar refractivity (Wildman–Crippen MR) is 64.0 cm³/mol. The van der Waals surface area contributed by atoms with Crippen LogP contribution in [0.25, 0.3) is 0 Å². The lowest BCUT2D eigenvalue weighted by Crippen LogP contribution is -2.33. The van der Waals surface area contributed by atoms with E-state index in [1.807, 2.05) is 0 Å². The van der Waals surface area contributed by atoms with E-state index in [-0.39, 0.29) is 0 Å². The average Bonchev–Trinajstić information content (AvgIpc) is 2.43. The lowest BCUT2D eigenvalue weighted by Gasteiger charge is -2.18. The minimum Gasteiger partial charge on any atom is -0.313 e. The number of hydrogen-bond acceptors (Lipinski definition) is 1. The van der Waals surface area contributed by atoms with Gasteiger partial charge in [-0.3, -0.25) is 0 Å². The van der Waals surface area contributed by atoms with Crippen molar-refractivity contribution in [2.24, 2.45) is 0 Å². The molecule has 0 bridgehead atoms. The topological polar surface area (TPSA) is 12.0 Å². The first-order valence-electron chi connectivity index (χ1n) is 6.20. The van der Waals surface area contributed by atoms with E-state index in [1.165, 1.54) is 44.9 Å². The van der Waals surface area contributed by atoms with Gasteiger partial charge in [0.15, 0.2) is 0 Å². The van der Waals surface area contributed by atoms with Gasteiger partial charge in [0.2, 0.25) is 0 Å². The van der Waals surface area contributed by atoms with Crippen molar-refractivity contribution < 1.29 is 0 Å². The molecule has 0 aromatic heterocycles. The van der Waals surface area contributed by atoms with E-state index in [0.29, 0.717) is 5.38 Å². The molecule has 1 aliphatic carbocycles. The quantitative estimate of drug-likeness (QED) is 0.547. The Morgan fingerprint density at radius 3 is 2.43 bits per heavy atom. The Morgan fingerprint density at radius 1 is 1.21 bits per heavy atom. The third kappa shape index (κ3) is 5.21. The molecule has 1 N–H and O–H groups in total. The van der Waals surface area contributed by atoms with Gasteiger partial charge in [0.05, 0.1) is 0 Å². The third-order valence-corrected chi connectivity index (χ3v) is 3.46. The first-order valence-corrected chi connectivity index (χ1v) is 6.64. The average molecular weight is 218 g/mol. The molecule has 14 heavy (non-hydrogen) atoms. The van der Waals surface area contributed by atoms with Gasteiger partial charge in [0, 0.05) is 18.0 Å². The Kier molecular flexibility index (Phi) is 6.63. The highest BCUT2D eigenvalue weighted by atomic mass is 35.5. The van der Waals surface area contributed by atoms with Crippen molar-refractivity contribution in [3.63, 3.8) is 0 Å². The minimum atomic E-state index is 0.336. The maximum absolute atomic E-state index is 6.18. The molecule has 1 unspecified atom stereocenters. The fourth-order valence-corrected chi connectivity index (χ4v) is 2.50. The minimum absolute atomic E-state index is 0.336. The van der Waals surface area contributed by atoms with Gasteiger partial charge in [-0.25, -0.2) is 0 Å². The number of rotatable bonds is 5. The van der Waals surface area contributed by atoms with Crippen LogP contribution in [0.2, 0.25) is 0 Å². The molecule has 0 aliphatic heterocycles. The lowest BCUT2D eigenvalue weighted by atomic mass is 10.1. The molecule has 0 radical (unpaired) electrons. The summed E-state index contributed by atoms with van der Waals surface area (Å²) in [6.45, 7) is 3.20. The van der Waals surface area contributed by atoms with Crippen molar-refractivity contribution in [2.75, 3.05) is 6.54 Å². The van der Waals surface area contributed by atoms with Crippen LogP contribution in [0.4, 0.5) is 0 Å². The van der Waals surface area contributed by atoms with Crippen molar-refractivity contribution in [3.8, 4) is 0 Å². The van der Waals surface area contributed by atoms with E-state index in [0.717, 1.165) is 19.0 Å². The van der Waals surface area contributed by atoms with Gasteiger partial charge in [0.25, 0.3) is 0 Å². The highest BCUT2D eigenvalue weighted by Gasteiger charge is 2.12. The Morgan fingerprint density at radius 2 is 1.86 bits per heavy atom. The second kappa shape index (κ2) is 7.53. The summed E-state index contributed by atoms with van der Waals surface area (Å²) in [5, 5.41) is 3.95. The van der Waals surface area contributed by atoms with Gasteiger partial charge in [-0.1, -0.05) is 39.0 Å². The van der Waals surface area contributed by atoms with Crippen molar-refractivity contribution >= 4 is 11.6 Å². The maximum atomic E-state index is 6.18. The molecular formula is C12H24ClN. The standard InChI is InChI=1S/C12H24ClN/c1-2-7-11(13)10-14-12-8-5-3-4-6-9-12/h11-12,14H,2-10H2,1H3. The van der Waals surface area contributed by atoms with Crippen molar-refractivity contribution in [1.29, 1.82) is 0 Å². The zero-order valence-electron chi connectivity index (χ0n) is 9.40. The molecule has 1 fully saturated rings. The molecule has 84 valence electrons. The van der Waals surface area contributed by atoms with Crippen LogP contribution in [-0.2, 0) is 0 Å². The van der Waals surface area contributed by atoms with E-state index >= 15 is 0 Å². The van der Waals surface area contributed by atoms with E-state index < -0.39 is 0 Å². The molecule has 0 aromatic rings. The summed E-state index contributed by atoms with van der Waals surface area (Å²) < 4.78 is 0. The van der Waals surface area contributed by atoms with Gasteiger partial charge in [-0.2, -0.15) is 0 Å². The van der Waals surface area contributed by atoms with Crippen LogP contribution in [0.3, 0.4) is 0 Å². The summed E-state index contributed by atoms with van der Waals surface area (Å²) in [7, 11) is 0. The van der Waals surface area contributed by atoms with Crippen molar-refractivity contribution in [3.05, 3.63) is 0 Å². The molecule has 1 atom stereocenters. The monoisotopic (exact) mass is 217 g/mol. The molecule has 0 saturated heterocycles. The first kappa shape index (κ1) is 12.3. The Hall–Kier alpha value is 0.250. The zero-order chi connectivity index (χ0) is 10.2. The first-order chi connectivity index (χ1) is 6.83. The van der Waals surface area contributed by atoms with Crippen LogP contribution >= 0.6 is 11.6 Å². The maximum Gasteiger partial charge on any atom is 0.0460 e. The number of hydrogen-bond donors (Lipinski definition) is 1. The molecule has 1 aliphatic rings. The third-order valence-electron chi connectivity index (χ3n) is 3.09. The predicted octanol–water partition coefficient (Wildman–Crippen LogP) is 3.71. The molecule has 2 heteroatoms. The molecule has 0 spiro atoms. The van der Waals surface area contributed by atoms with E-state index in [2.05, 4.69) is 12.2 Å². The molecular weight excluding hydrogens is 194 g/mol. The van der Waals surface area contributed by atoms with Crippen LogP contribution in [-0.4, -0.2) is 18.0 Å². The molecule has 0 aromatic carbocycles. The largest absolute Gasteiger partial charge is 0.313 e. The molecule has 0 amide bonds. The van der Waals surface area contributed by atoms with E-state index in [9.17, 15) is 0 Å². The summed E-state index contributed by atoms with van der Waals surface area (Å²) in [5.41, 5.74) is 0. The number of alkyl halides is 1. The van der Waals surface area contributed by atoms with Crippen molar-refractivity contribution in [2.45, 2.75) is 69.7 Å². The summed E-state index contributed by atoms with van der Waals surface area (Å²) in [4.78, 5) is 0.